The molecule has 0 saturated carbocycles. The van der Waals surface area contributed by atoms with Gasteiger partial charge in [-0.15, -0.1) is 11.3 Å². The van der Waals surface area contributed by atoms with Gasteiger partial charge in [0.2, 0.25) is 0 Å². The summed E-state index contributed by atoms with van der Waals surface area (Å²) in [5.74, 6) is 0. The molecule has 0 aliphatic rings. The molecule has 0 saturated heterocycles. The predicted octanol–water partition coefficient (Wildman–Crippen LogP) is 4.07. The number of halogens is 2. The van der Waals surface area contributed by atoms with E-state index in [1.807, 2.05) is 7.05 Å². The van der Waals surface area contributed by atoms with E-state index in [0.29, 0.717) is 10.0 Å². The Bertz CT molecular complexity index is 525. The van der Waals surface area contributed by atoms with Gasteiger partial charge in [0.05, 0.1) is 21.8 Å². The summed E-state index contributed by atoms with van der Waals surface area (Å²) in [5.41, 5.74) is 2.01. The lowest BCUT2D eigenvalue weighted by Crippen LogP contribution is -2.19. The number of aromatic nitrogens is 1. The van der Waals surface area contributed by atoms with Crippen molar-refractivity contribution in [1.82, 2.24) is 10.3 Å². The van der Waals surface area contributed by atoms with E-state index in [0.717, 1.165) is 5.69 Å². The Hall–Kier alpha value is -0.610. The molecule has 5 heteroatoms. The minimum absolute atomic E-state index is 0.00557. The Balaban J connectivity index is 2.46. The lowest BCUT2D eigenvalue weighted by atomic mass is 10.0. The molecule has 1 atom stereocenters. The number of rotatable bonds is 3. The molecule has 0 radical (unpaired) electrons. The summed E-state index contributed by atoms with van der Waals surface area (Å²) in [6.45, 7) is 2.09. The quantitative estimate of drug-likeness (QED) is 0.920. The van der Waals surface area contributed by atoms with E-state index in [1.165, 1.54) is 10.4 Å². The van der Waals surface area contributed by atoms with Crippen LogP contribution in [0, 0.1) is 6.92 Å². The highest BCUT2D eigenvalue weighted by molar-refractivity contribution is 7.10. The van der Waals surface area contributed by atoms with E-state index in [2.05, 4.69) is 28.7 Å². The van der Waals surface area contributed by atoms with Gasteiger partial charge < -0.3 is 5.32 Å². The lowest BCUT2D eigenvalue weighted by Gasteiger charge is -2.17. The van der Waals surface area contributed by atoms with E-state index in [-0.39, 0.29) is 6.04 Å². The van der Waals surface area contributed by atoms with E-state index < -0.39 is 0 Å². The lowest BCUT2D eigenvalue weighted by molar-refractivity contribution is 0.670. The molecule has 0 fully saturated rings. The van der Waals surface area contributed by atoms with Crippen molar-refractivity contribution in [3.63, 3.8) is 0 Å². The minimum atomic E-state index is 0.00557. The predicted molar refractivity (Wildman–Crippen MR) is 74.2 cm³/mol. The molecule has 0 aliphatic heterocycles. The molecule has 2 nitrogen and oxygen atoms in total. The van der Waals surface area contributed by atoms with E-state index >= 15 is 0 Å². The van der Waals surface area contributed by atoms with Gasteiger partial charge in [0.25, 0.3) is 0 Å². The van der Waals surface area contributed by atoms with Gasteiger partial charge in [-0.3, -0.25) is 4.98 Å². The van der Waals surface area contributed by atoms with Crippen LogP contribution in [-0.4, -0.2) is 12.0 Å². The topological polar surface area (TPSA) is 24.9 Å². The first kappa shape index (κ1) is 12.8. The van der Waals surface area contributed by atoms with E-state index in [9.17, 15) is 0 Å². The van der Waals surface area contributed by atoms with Crippen LogP contribution in [0.1, 0.15) is 22.2 Å². The van der Waals surface area contributed by atoms with Crippen LogP contribution in [0.25, 0.3) is 0 Å². The summed E-state index contributed by atoms with van der Waals surface area (Å²) >= 11 is 13.8. The molecule has 2 aromatic rings. The Kier molecular flexibility index (Phi) is 4.05. The van der Waals surface area contributed by atoms with Crippen LogP contribution in [0.15, 0.2) is 23.7 Å². The zero-order chi connectivity index (χ0) is 12.4. The zero-order valence-corrected chi connectivity index (χ0v) is 11.8. The fourth-order valence-corrected chi connectivity index (χ4v) is 3.00. The molecule has 0 spiro atoms. The van der Waals surface area contributed by atoms with Gasteiger partial charge >= 0.3 is 0 Å². The molecule has 0 aromatic carbocycles. The van der Waals surface area contributed by atoms with Crippen molar-refractivity contribution in [2.75, 3.05) is 7.05 Å². The molecule has 2 aromatic heterocycles. The van der Waals surface area contributed by atoms with Crippen molar-refractivity contribution < 1.29 is 0 Å². The van der Waals surface area contributed by atoms with Crippen molar-refractivity contribution >= 4 is 34.5 Å². The third kappa shape index (κ3) is 2.63. The molecule has 0 aliphatic carbocycles. The maximum Gasteiger partial charge on any atom is 0.0805 e. The highest BCUT2D eigenvalue weighted by Gasteiger charge is 2.19. The number of pyridine rings is 1. The summed E-state index contributed by atoms with van der Waals surface area (Å²) in [5, 5.41) is 6.44. The largest absolute Gasteiger partial charge is 0.308 e. The molecule has 0 amide bonds. The molecule has 2 rings (SSSR count). The maximum atomic E-state index is 6.19. The van der Waals surface area contributed by atoms with Crippen LogP contribution in [0.4, 0.5) is 0 Å². The van der Waals surface area contributed by atoms with Gasteiger partial charge in [0.15, 0.2) is 0 Å². The molecule has 2 heterocycles. The van der Waals surface area contributed by atoms with E-state index in [1.54, 1.807) is 23.6 Å². The van der Waals surface area contributed by atoms with Crippen LogP contribution in [0.3, 0.4) is 0 Å². The number of nitrogens with one attached hydrogen (secondary N) is 1. The number of hydrogen-bond donors (Lipinski definition) is 1. The molecular formula is C12H12Cl2N2S. The average molecular weight is 287 g/mol. The van der Waals surface area contributed by atoms with Gasteiger partial charge in [-0.1, -0.05) is 23.2 Å². The van der Waals surface area contributed by atoms with Crippen molar-refractivity contribution in [3.8, 4) is 0 Å². The monoisotopic (exact) mass is 286 g/mol. The average Bonchev–Trinajstić information content (AvgIpc) is 2.69. The minimum Gasteiger partial charge on any atom is -0.308 e. The first-order valence-electron chi connectivity index (χ1n) is 5.15. The molecule has 90 valence electrons. The van der Waals surface area contributed by atoms with Gasteiger partial charge in [-0.2, -0.15) is 0 Å². The Labute approximate surface area is 115 Å². The van der Waals surface area contributed by atoms with Crippen molar-refractivity contribution in [3.05, 3.63) is 49.9 Å². The Morgan fingerprint density at radius 2 is 2.18 bits per heavy atom. The highest BCUT2D eigenvalue weighted by Crippen LogP contribution is 2.31. The third-order valence-corrected chi connectivity index (χ3v) is 3.98. The summed E-state index contributed by atoms with van der Waals surface area (Å²) in [7, 11) is 1.90. The second kappa shape index (κ2) is 5.36. The summed E-state index contributed by atoms with van der Waals surface area (Å²) in [6.07, 6.45) is 1.62. The molecule has 0 bridgehead atoms. The van der Waals surface area contributed by atoms with Crippen molar-refractivity contribution in [1.29, 1.82) is 0 Å². The summed E-state index contributed by atoms with van der Waals surface area (Å²) in [4.78, 5) is 5.59. The number of hydrogen-bond acceptors (Lipinski definition) is 3. The van der Waals surface area contributed by atoms with Crippen molar-refractivity contribution in [2.45, 2.75) is 13.0 Å². The Morgan fingerprint density at radius 1 is 1.41 bits per heavy atom. The number of aryl methyl sites for hydroxylation is 1. The van der Waals surface area contributed by atoms with Gasteiger partial charge in [0, 0.05) is 11.1 Å². The molecule has 1 N–H and O–H groups in total. The van der Waals surface area contributed by atoms with Crippen LogP contribution >= 0.6 is 34.5 Å². The fourth-order valence-electron chi connectivity index (χ4n) is 1.77. The molecule has 17 heavy (non-hydrogen) atoms. The Morgan fingerprint density at radius 3 is 2.71 bits per heavy atom. The fraction of sp³-hybridized carbons (Fsp3) is 0.250. The van der Waals surface area contributed by atoms with Crippen LogP contribution in [-0.2, 0) is 0 Å². The second-order valence-corrected chi connectivity index (χ2v) is 5.64. The number of thiophene rings is 1. The molecule has 1 unspecified atom stereocenters. The summed E-state index contributed by atoms with van der Waals surface area (Å²) < 4.78 is 0. The smallest absolute Gasteiger partial charge is 0.0805 e. The van der Waals surface area contributed by atoms with E-state index in [4.69, 9.17) is 23.2 Å². The van der Waals surface area contributed by atoms with Crippen LogP contribution in [0.2, 0.25) is 10.0 Å². The van der Waals surface area contributed by atoms with Gasteiger partial charge in [-0.25, -0.2) is 0 Å². The zero-order valence-electron chi connectivity index (χ0n) is 9.50. The standard InChI is InChI=1S/C12H12Cl2N2S/c1-7-9(3-4-17-7)11(15-2)12-10(14)5-8(13)6-16-12/h3-6,11,15H,1-2H3. The first-order chi connectivity index (χ1) is 8.13. The number of nitrogens with zero attached hydrogens (tertiary/aromatic N) is 1. The van der Waals surface area contributed by atoms with Crippen LogP contribution in [0.5, 0.6) is 0 Å². The summed E-state index contributed by atoms with van der Waals surface area (Å²) in [6, 6.07) is 3.82. The van der Waals surface area contributed by atoms with Crippen LogP contribution < -0.4 is 5.32 Å². The third-order valence-electron chi connectivity index (χ3n) is 2.61. The van der Waals surface area contributed by atoms with Crippen molar-refractivity contribution in [2.24, 2.45) is 0 Å². The second-order valence-electron chi connectivity index (χ2n) is 3.67. The normalized spacial score (nSPS) is 12.7. The highest BCUT2D eigenvalue weighted by atomic mass is 35.5. The molecular weight excluding hydrogens is 275 g/mol. The maximum absolute atomic E-state index is 6.19. The first-order valence-corrected chi connectivity index (χ1v) is 6.79. The SMILES string of the molecule is CNC(c1ccsc1C)c1ncc(Cl)cc1Cl. The van der Waals surface area contributed by atoms with Gasteiger partial charge in [0.1, 0.15) is 0 Å². The van der Waals surface area contributed by atoms with Gasteiger partial charge in [-0.05, 0) is 37.0 Å².